The minimum atomic E-state index is -0.511. The van der Waals surface area contributed by atoms with Crippen LogP contribution in [0.1, 0.15) is 44.4 Å². The van der Waals surface area contributed by atoms with Gasteiger partial charge in [0, 0.05) is 24.4 Å². The Morgan fingerprint density at radius 3 is 2.33 bits per heavy atom. The molecule has 0 fully saturated rings. The molecule has 0 saturated carbocycles. The number of fused-ring (bicyclic) bond motifs is 1. The molecule has 0 bridgehead atoms. The van der Waals surface area contributed by atoms with Gasteiger partial charge in [0.25, 0.3) is 0 Å². The molecule has 0 saturated heterocycles. The minimum absolute atomic E-state index is 0.0390. The molecule has 0 N–H and O–H groups in total. The highest BCUT2D eigenvalue weighted by atomic mass is 32.2. The molecule has 188 valence electrons. The molecule has 2 aromatic carbocycles. The van der Waals surface area contributed by atoms with Crippen molar-refractivity contribution >= 4 is 34.5 Å². The van der Waals surface area contributed by atoms with Crippen molar-refractivity contribution in [1.29, 1.82) is 0 Å². The lowest BCUT2D eigenvalue weighted by molar-refractivity contribution is -0.139. The van der Waals surface area contributed by atoms with E-state index in [0.29, 0.717) is 24.4 Å². The maximum absolute atomic E-state index is 13.5. The van der Waals surface area contributed by atoms with E-state index in [9.17, 15) is 9.59 Å². The second-order valence-electron chi connectivity index (χ2n) is 8.26. The van der Waals surface area contributed by atoms with Gasteiger partial charge in [0.1, 0.15) is 5.75 Å². The van der Waals surface area contributed by atoms with Gasteiger partial charge in [-0.3, -0.25) is 4.79 Å². The predicted molar refractivity (Wildman–Crippen MR) is 143 cm³/mol. The molecule has 2 aliphatic rings. The number of nitrogens with zero attached hydrogens (tertiary/aromatic N) is 3. The van der Waals surface area contributed by atoms with Crippen LogP contribution in [0.3, 0.4) is 0 Å². The summed E-state index contributed by atoms with van der Waals surface area (Å²) in [6.45, 7) is 7.27. The van der Waals surface area contributed by atoms with E-state index in [1.54, 1.807) is 14.0 Å². The standard InChI is InChI=1S/C28H31N3O4S/c1-5-30(6-2)23(32)17-21-18-36-28-29-25(19-11-9-8-10-12-19)24(27(33)35-7-3)26(31(21)28)20-13-15-22(34-4)16-14-20/h8-16,18,26H,5-7,17H2,1-4H3. The highest BCUT2D eigenvalue weighted by Gasteiger charge is 2.42. The van der Waals surface area contributed by atoms with Crippen molar-refractivity contribution in [2.24, 2.45) is 4.99 Å². The zero-order chi connectivity index (χ0) is 25.7. The van der Waals surface area contributed by atoms with Crippen LogP contribution in [0, 0.1) is 0 Å². The van der Waals surface area contributed by atoms with Crippen molar-refractivity contribution in [1.82, 2.24) is 9.80 Å². The number of amidine groups is 1. The summed E-state index contributed by atoms with van der Waals surface area (Å²) in [4.78, 5) is 35.3. The average molecular weight is 506 g/mol. The van der Waals surface area contributed by atoms with Crippen molar-refractivity contribution in [3.05, 3.63) is 82.4 Å². The van der Waals surface area contributed by atoms with Gasteiger partial charge in [0.2, 0.25) is 5.91 Å². The third-order valence-electron chi connectivity index (χ3n) is 6.23. The fraction of sp³-hybridized carbons (Fsp3) is 0.321. The Morgan fingerprint density at radius 1 is 1.03 bits per heavy atom. The molecule has 2 heterocycles. The Hall–Kier alpha value is -3.52. The average Bonchev–Trinajstić information content (AvgIpc) is 3.31. The van der Waals surface area contributed by atoms with Crippen LogP contribution in [-0.4, -0.2) is 53.7 Å². The van der Waals surface area contributed by atoms with Gasteiger partial charge in [-0.05, 0) is 43.9 Å². The van der Waals surface area contributed by atoms with E-state index in [1.807, 2.05) is 83.7 Å². The number of aliphatic imine (C=N–C) groups is 1. The summed E-state index contributed by atoms with van der Waals surface area (Å²) in [5.41, 5.74) is 3.55. The van der Waals surface area contributed by atoms with Gasteiger partial charge in [-0.25, -0.2) is 9.79 Å². The number of carbonyl (C=O) groups is 2. The minimum Gasteiger partial charge on any atom is -0.497 e. The summed E-state index contributed by atoms with van der Waals surface area (Å²) in [5.74, 6) is 0.333. The maximum Gasteiger partial charge on any atom is 0.338 e. The first-order valence-electron chi connectivity index (χ1n) is 12.1. The fourth-order valence-corrected chi connectivity index (χ4v) is 5.35. The zero-order valence-electron chi connectivity index (χ0n) is 21.1. The number of methoxy groups -OCH3 is 1. The molecule has 1 atom stereocenters. The van der Waals surface area contributed by atoms with Gasteiger partial charge in [-0.1, -0.05) is 54.2 Å². The molecule has 2 aliphatic heterocycles. The Bertz CT molecular complexity index is 1200. The van der Waals surface area contributed by atoms with E-state index < -0.39 is 12.0 Å². The van der Waals surface area contributed by atoms with E-state index in [2.05, 4.69) is 0 Å². The third-order valence-corrected chi connectivity index (χ3v) is 7.12. The van der Waals surface area contributed by atoms with Gasteiger partial charge >= 0.3 is 5.97 Å². The largest absolute Gasteiger partial charge is 0.497 e. The van der Waals surface area contributed by atoms with Crippen LogP contribution in [0.2, 0.25) is 0 Å². The maximum atomic E-state index is 13.5. The molecule has 7 nitrogen and oxygen atoms in total. The molecule has 0 spiro atoms. The number of rotatable bonds is 9. The Labute approximate surface area is 216 Å². The number of hydrogen-bond acceptors (Lipinski definition) is 7. The van der Waals surface area contributed by atoms with Crippen LogP contribution >= 0.6 is 11.8 Å². The monoisotopic (exact) mass is 505 g/mol. The highest BCUT2D eigenvalue weighted by molar-refractivity contribution is 8.16. The first-order chi connectivity index (χ1) is 17.5. The van der Waals surface area contributed by atoms with E-state index in [4.69, 9.17) is 14.5 Å². The van der Waals surface area contributed by atoms with E-state index >= 15 is 0 Å². The normalized spacial score (nSPS) is 16.8. The summed E-state index contributed by atoms with van der Waals surface area (Å²) >= 11 is 1.47. The van der Waals surface area contributed by atoms with Crippen molar-refractivity contribution < 1.29 is 19.1 Å². The molecule has 0 aliphatic carbocycles. The lowest BCUT2D eigenvalue weighted by Crippen LogP contribution is -2.38. The first kappa shape index (κ1) is 25.6. The Kier molecular flexibility index (Phi) is 8.15. The van der Waals surface area contributed by atoms with E-state index in [0.717, 1.165) is 27.7 Å². The van der Waals surface area contributed by atoms with Crippen molar-refractivity contribution in [2.45, 2.75) is 33.2 Å². The fourth-order valence-electron chi connectivity index (χ4n) is 4.43. The summed E-state index contributed by atoms with van der Waals surface area (Å²) in [7, 11) is 1.62. The van der Waals surface area contributed by atoms with E-state index in [-0.39, 0.29) is 18.9 Å². The van der Waals surface area contributed by atoms with Gasteiger partial charge < -0.3 is 19.3 Å². The smallest absolute Gasteiger partial charge is 0.338 e. The van der Waals surface area contributed by atoms with Crippen LogP contribution in [-0.2, 0) is 14.3 Å². The molecule has 1 unspecified atom stereocenters. The second-order valence-corrected chi connectivity index (χ2v) is 9.10. The van der Waals surface area contributed by atoms with Crippen molar-refractivity contribution in [2.75, 3.05) is 26.8 Å². The number of hydrogen-bond donors (Lipinski definition) is 0. The lowest BCUT2D eigenvalue weighted by Gasteiger charge is -2.37. The van der Waals surface area contributed by atoms with Crippen molar-refractivity contribution in [3.8, 4) is 5.75 Å². The summed E-state index contributed by atoms with van der Waals surface area (Å²) in [5, 5.41) is 2.69. The Balaban J connectivity index is 1.86. The first-order valence-corrected chi connectivity index (χ1v) is 13.0. The topological polar surface area (TPSA) is 71.4 Å². The van der Waals surface area contributed by atoms with Gasteiger partial charge in [-0.2, -0.15) is 0 Å². The van der Waals surface area contributed by atoms with Crippen molar-refractivity contribution in [3.63, 3.8) is 0 Å². The Morgan fingerprint density at radius 2 is 1.72 bits per heavy atom. The molecule has 4 rings (SSSR count). The van der Waals surface area contributed by atoms with Gasteiger partial charge in [0.15, 0.2) is 5.17 Å². The molecule has 36 heavy (non-hydrogen) atoms. The highest BCUT2D eigenvalue weighted by Crippen LogP contribution is 2.47. The number of benzene rings is 2. The SMILES string of the molecule is CCOC(=O)C1=C(c2ccccc2)N=C2SC=C(CC(=O)N(CC)CC)N2C1c1ccc(OC)cc1. The van der Waals surface area contributed by atoms with Crippen LogP contribution in [0.25, 0.3) is 5.70 Å². The summed E-state index contributed by atoms with van der Waals surface area (Å²) in [6.07, 6.45) is 0.219. The molecule has 2 aromatic rings. The third kappa shape index (κ3) is 5.04. The molecular formula is C28H31N3O4S. The van der Waals surface area contributed by atoms with Crippen LogP contribution in [0.15, 0.2) is 76.3 Å². The summed E-state index contributed by atoms with van der Waals surface area (Å²) < 4.78 is 10.9. The molecule has 0 aromatic heterocycles. The molecular weight excluding hydrogens is 474 g/mol. The zero-order valence-corrected chi connectivity index (χ0v) is 21.9. The second kappa shape index (κ2) is 11.5. The van der Waals surface area contributed by atoms with E-state index in [1.165, 1.54) is 11.8 Å². The molecule has 1 amide bonds. The van der Waals surface area contributed by atoms with Gasteiger partial charge in [0.05, 0.1) is 37.4 Å². The number of amides is 1. The quantitative estimate of drug-likeness (QED) is 0.435. The molecule has 0 radical (unpaired) electrons. The predicted octanol–water partition coefficient (Wildman–Crippen LogP) is 5.23. The van der Waals surface area contributed by atoms with Gasteiger partial charge in [-0.15, -0.1) is 0 Å². The number of carbonyl (C=O) groups excluding carboxylic acids is 2. The number of esters is 1. The van der Waals surface area contributed by atoms with Crippen LogP contribution < -0.4 is 4.74 Å². The van der Waals surface area contributed by atoms with Crippen LogP contribution in [0.5, 0.6) is 5.75 Å². The lowest BCUT2D eigenvalue weighted by atomic mass is 9.91. The van der Waals surface area contributed by atoms with Crippen LogP contribution in [0.4, 0.5) is 0 Å². The number of ether oxygens (including phenoxy) is 2. The molecule has 8 heteroatoms. The summed E-state index contributed by atoms with van der Waals surface area (Å²) in [6, 6.07) is 16.8. The number of thioether (sulfide) groups is 1.